The van der Waals surface area contributed by atoms with Crippen LogP contribution in [0.25, 0.3) is 5.69 Å². The van der Waals surface area contributed by atoms with Crippen LogP contribution in [0.15, 0.2) is 102 Å². The van der Waals surface area contributed by atoms with Gasteiger partial charge in [-0.3, -0.25) is 14.5 Å². The molecule has 0 spiro atoms. The molecule has 0 unspecified atom stereocenters. The Hall–Kier alpha value is -4.88. The molecule has 3 heterocycles. The van der Waals surface area contributed by atoms with E-state index >= 15 is 0 Å². The van der Waals surface area contributed by atoms with Crippen LogP contribution < -0.4 is 0 Å². The minimum absolute atomic E-state index is 0.0465. The molecule has 7 rings (SSSR count). The molecule has 0 radical (unpaired) electrons. The lowest BCUT2D eigenvalue weighted by Crippen LogP contribution is -2.38. The summed E-state index contributed by atoms with van der Waals surface area (Å²) in [5.74, 6) is 0.0395. The molecule has 4 aromatic carbocycles. The number of imide groups is 1. The molecule has 12 heteroatoms. The van der Waals surface area contributed by atoms with Crippen molar-refractivity contribution < 1.29 is 29.3 Å². The summed E-state index contributed by atoms with van der Waals surface area (Å²) in [6.45, 7) is 2.19. The number of carbonyl (C=O) groups is 2. The van der Waals surface area contributed by atoms with Crippen molar-refractivity contribution in [1.82, 2.24) is 25.1 Å². The first-order valence-electron chi connectivity index (χ1n) is 15.1. The highest BCUT2D eigenvalue weighted by Gasteiger charge is 2.39. The van der Waals surface area contributed by atoms with Gasteiger partial charge in [-0.15, -0.1) is 5.10 Å². The van der Waals surface area contributed by atoms with E-state index in [4.69, 9.17) is 9.47 Å². The number of phenols is 1. The largest absolute Gasteiger partial charge is 0.508 e. The molecule has 2 N–H and O–H groups in total. The van der Waals surface area contributed by atoms with E-state index in [1.807, 2.05) is 48.5 Å². The molecule has 1 fully saturated rings. The number of thioether (sulfide) groups is 1. The number of aliphatic hydroxyl groups excluding tert-OH is 1. The minimum atomic E-state index is -0.694. The summed E-state index contributed by atoms with van der Waals surface area (Å²) in [6.07, 6.45) is -1.26. The van der Waals surface area contributed by atoms with Crippen LogP contribution in [0.4, 0.5) is 0 Å². The third kappa shape index (κ3) is 6.15. The lowest BCUT2D eigenvalue weighted by molar-refractivity contribution is -0.268. The number of phenolic OH excluding ortho intramolecular Hbond substituents is 1. The van der Waals surface area contributed by atoms with Crippen molar-refractivity contribution in [2.75, 3.05) is 5.75 Å². The molecule has 0 saturated carbocycles. The Balaban J connectivity index is 1.11. The summed E-state index contributed by atoms with van der Waals surface area (Å²) in [5.41, 5.74) is 4.94. The number of hydrogen-bond donors (Lipinski definition) is 2. The van der Waals surface area contributed by atoms with Crippen LogP contribution in [-0.2, 0) is 22.6 Å². The molecular formula is C35H31N5O6S. The Bertz CT molecular complexity index is 1860. The Kier molecular flexibility index (Phi) is 8.56. The monoisotopic (exact) mass is 649 g/mol. The van der Waals surface area contributed by atoms with Crippen LogP contribution in [0.3, 0.4) is 0 Å². The van der Waals surface area contributed by atoms with Gasteiger partial charge in [0.05, 0.1) is 42.2 Å². The van der Waals surface area contributed by atoms with Crippen molar-refractivity contribution in [3.8, 4) is 11.4 Å². The van der Waals surface area contributed by atoms with Gasteiger partial charge in [-0.05, 0) is 63.5 Å². The predicted octanol–water partition coefficient (Wildman–Crippen LogP) is 5.24. The molecule has 2 amide bonds. The van der Waals surface area contributed by atoms with Gasteiger partial charge in [0, 0.05) is 17.2 Å². The highest BCUT2D eigenvalue weighted by Crippen LogP contribution is 2.43. The van der Waals surface area contributed by atoms with E-state index in [2.05, 4.69) is 22.4 Å². The summed E-state index contributed by atoms with van der Waals surface area (Å²) in [4.78, 5) is 27.0. The average molecular weight is 650 g/mol. The van der Waals surface area contributed by atoms with Crippen LogP contribution >= 0.6 is 11.8 Å². The fourth-order valence-electron chi connectivity index (χ4n) is 5.84. The molecule has 238 valence electrons. The molecule has 11 nitrogen and oxygen atoms in total. The van der Waals surface area contributed by atoms with Gasteiger partial charge in [0.1, 0.15) is 5.75 Å². The van der Waals surface area contributed by atoms with Crippen LogP contribution in [-0.4, -0.2) is 59.0 Å². The number of ether oxygens (including phenoxy) is 2. The van der Waals surface area contributed by atoms with Crippen LogP contribution in [0.2, 0.25) is 0 Å². The zero-order valence-corrected chi connectivity index (χ0v) is 26.2. The average Bonchev–Trinajstić information content (AvgIpc) is 3.67. The van der Waals surface area contributed by atoms with Crippen LogP contribution in [0.1, 0.15) is 62.3 Å². The lowest BCUT2D eigenvalue weighted by atomic mass is 9.91. The van der Waals surface area contributed by atoms with E-state index in [-0.39, 0.29) is 48.8 Å². The first-order chi connectivity index (χ1) is 22.9. The van der Waals surface area contributed by atoms with E-state index in [0.29, 0.717) is 22.0 Å². The highest BCUT2D eigenvalue weighted by atomic mass is 32.2. The smallest absolute Gasteiger partial charge is 0.261 e. The zero-order valence-electron chi connectivity index (χ0n) is 25.3. The van der Waals surface area contributed by atoms with Gasteiger partial charge in [-0.1, -0.05) is 79.3 Å². The predicted molar refractivity (Wildman–Crippen MR) is 172 cm³/mol. The molecular weight excluding hydrogens is 618 g/mol. The molecule has 1 aromatic heterocycles. The van der Waals surface area contributed by atoms with Gasteiger partial charge < -0.3 is 19.7 Å². The maximum atomic E-state index is 12.9. The second-order valence-electron chi connectivity index (χ2n) is 11.5. The standard InChI is InChI=1S/C35H31N5O6S/c1-21-30(20-47-35-36-37-38-40(35)26-14-16-27(42)17-15-26)45-34(46-31(21)24-10-8-23(19-41)9-11-24)25-12-6-22(7-13-25)18-39-32(43)28-4-2-3-5-29(28)33(39)44/h2-17,21,30-31,34,41-42H,18-20H2,1H3/t21-,30+,31+,34+/m1/s1. The third-order valence-corrected chi connectivity index (χ3v) is 9.51. The molecule has 4 atom stereocenters. The van der Waals surface area contributed by atoms with Crippen LogP contribution in [0, 0.1) is 5.92 Å². The first-order valence-corrected chi connectivity index (χ1v) is 16.1. The number of benzene rings is 4. The topological polar surface area (TPSA) is 140 Å². The fraction of sp³-hybridized carbons (Fsp3) is 0.229. The number of amides is 2. The molecule has 47 heavy (non-hydrogen) atoms. The van der Waals surface area contributed by atoms with Crippen molar-refractivity contribution in [2.24, 2.45) is 5.92 Å². The van der Waals surface area contributed by atoms with Crippen molar-refractivity contribution >= 4 is 23.6 Å². The van der Waals surface area contributed by atoms with Crippen molar-refractivity contribution in [3.63, 3.8) is 0 Å². The summed E-state index contributed by atoms with van der Waals surface area (Å²) in [6, 6.07) is 28.8. The molecule has 2 aliphatic rings. The number of nitrogens with zero attached hydrogens (tertiary/aromatic N) is 5. The normalized spacial score (nSPS) is 20.9. The van der Waals surface area contributed by atoms with Crippen molar-refractivity contribution in [2.45, 2.75) is 43.7 Å². The Morgan fingerprint density at radius 1 is 0.809 bits per heavy atom. The Labute approximate surface area is 274 Å². The maximum absolute atomic E-state index is 12.9. The molecule has 5 aromatic rings. The summed E-state index contributed by atoms with van der Waals surface area (Å²) < 4.78 is 14.8. The van der Waals surface area contributed by atoms with E-state index in [1.165, 1.54) is 16.7 Å². The highest BCUT2D eigenvalue weighted by molar-refractivity contribution is 7.99. The maximum Gasteiger partial charge on any atom is 0.261 e. The van der Waals surface area contributed by atoms with Gasteiger partial charge in [0.15, 0.2) is 6.29 Å². The van der Waals surface area contributed by atoms with Gasteiger partial charge in [0.2, 0.25) is 5.16 Å². The minimum Gasteiger partial charge on any atom is -0.508 e. The van der Waals surface area contributed by atoms with Crippen molar-refractivity contribution in [3.05, 3.63) is 130 Å². The number of carbonyl (C=O) groups excluding carboxylic acids is 2. The van der Waals surface area contributed by atoms with Gasteiger partial charge >= 0.3 is 0 Å². The Morgan fingerprint density at radius 3 is 2.11 bits per heavy atom. The fourth-order valence-corrected chi connectivity index (χ4v) is 6.89. The number of aromatic hydroxyl groups is 1. The molecule has 0 bridgehead atoms. The summed E-state index contributed by atoms with van der Waals surface area (Å²) in [7, 11) is 0. The number of fused-ring (bicyclic) bond motifs is 1. The number of tetrazole rings is 1. The molecule has 0 aliphatic carbocycles. The van der Waals surface area contributed by atoms with E-state index < -0.39 is 6.29 Å². The van der Waals surface area contributed by atoms with Gasteiger partial charge in [-0.2, -0.15) is 4.68 Å². The van der Waals surface area contributed by atoms with E-state index in [1.54, 1.807) is 53.2 Å². The number of aromatic nitrogens is 4. The van der Waals surface area contributed by atoms with Gasteiger partial charge in [-0.25, -0.2) is 0 Å². The van der Waals surface area contributed by atoms with Gasteiger partial charge in [0.25, 0.3) is 11.8 Å². The van der Waals surface area contributed by atoms with Crippen LogP contribution in [0.5, 0.6) is 5.75 Å². The summed E-state index contributed by atoms with van der Waals surface area (Å²) >= 11 is 1.46. The molecule has 1 saturated heterocycles. The van der Waals surface area contributed by atoms with E-state index in [0.717, 1.165) is 27.9 Å². The number of hydrogen-bond acceptors (Lipinski definition) is 10. The second kappa shape index (κ2) is 13.1. The van der Waals surface area contributed by atoms with E-state index in [9.17, 15) is 19.8 Å². The third-order valence-electron chi connectivity index (χ3n) is 8.51. The first kappa shape index (κ1) is 30.8. The number of aliphatic hydroxyl groups is 1. The quantitative estimate of drug-likeness (QED) is 0.161. The second-order valence-corrected chi connectivity index (χ2v) is 12.5. The zero-order chi connectivity index (χ0) is 32.5. The Morgan fingerprint density at radius 2 is 1.45 bits per heavy atom. The summed E-state index contributed by atoms with van der Waals surface area (Å²) in [5, 5.41) is 32.0. The molecule has 2 aliphatic heterocycles. The number of rotatable bonds is 9. The SMILES string of the molecule is C[C@@H]1[C@H](CSc2nnnn2-c2ccc(O)cc2)O[C@H](c2ccc(CN3C(=O)c4ccccc4C3=O)cc2)O[C@@H]1c1ccc(CO)cc1. The lowest BCUT2D eigenvalue weighted by Gasteiger charge is -2.41. The van der Waals surface area contributed by atoms with Crippen molar-refractivity contribution in [1.29, 1.82) is 0 Å².